The van der Waals surface area contributed by atoms with Crippen LogP contribution >= 0.6 is 0 Å². The lowest BCUT2D eigenvalue weighted by molar-refractivity contribution is -0.385. The van der Waals surface area contributed by atoms with Crippen LogP contribution in [0, 0.1) is 10.1 Å². The van der Waals surface area contributed by atoms with E-state index in [1.165, 1.54) is 12.1 Å². The predicted octanol–water partition coefficient (Wildman–Crippen LogP) is 4.64. The molecular weight excluding hydrogens is 346 g/mol. The zero-order chi connectivity index (χ0) is 19.8. The van der Waals surface area contributed by atoms with Crippen molar-refractivity contribution in [1.82, 2.24) is 0 Å². The fraction of sp³-hybridized carbons (Fsp3) is 0.286. The van der Waals surface area contributed by atoms with Gasteiger partial charge >= 0.3 is 0 Å². The van der Waals surface area contributed by atoms with E-state index in [1.54, 1.807) is 49.6 Å². The number of benzene rings is 2. The summed E-state index contributed by atoms with van der Waals surface area (Å²) >= 11 is 0. The Bertz CT molecular complexity index is 825. The zero-order valence-corrected chi connectivity index (χ0v) is 15.7. The summed E-state index contributed by atoms with van der Waals surface area (Å²) in [5.74, 6) is 0.524. The molecule has 0 saturated heterocycles. The summed E-state index contributed by atoms with van der Waals surface area (Å²) in [4.78, 5) is 23.2. The molecule has 0 N–H and O–H groups in total. The van der Waals surface area contributed by atoms with E-state index in [1.807, 2.05) is 13.8 Å². The molecule has 0 amide bonds. The molecule has 0 aromatic heterocycles. The van der Waals surface area contributed by atoms with Crippen LogP contribution in [0.15, 0.2) is 48.5 Å². The third-order valence-corrected chi connectivity index (χ3v) is 4.00. The number of rotatable bonds is 9. The molecule has 6 nitrogen and oxygen atoms in total. The fourth-order valence-corrected chi connectivity index (χ4v) is 2.54. The SMILES string of the molecule is COCCOc1ccc(C(=O)/C=C/c2ccc(C(C)C)c([N+](=O)[O-])c2)cc1. The standard InChI is InChI=1S/C21H23NO5/c1-15(2)19-10-4-16(14-20(19)22(24)25)5-11-21(23)17-6-8-18(9-7-17)27-13-12-26-3/h4-11,14-15H,12-13H2,1-3H3/b11-5+. The van der Waals surface area contributed by atoms with E-state index in [9.17, 15) is 14.9 Å². The van der Waals surface area contributed by atoms with Gasteiger partial charge in [-0.25, -0.2) is 0 Å². The van der Waals surface area contributed by atoms with E-state index < -0.39 is 4.92 Å². The second-order valence-electron chi connectivity index (χ2n) is 6.29. The molecule has 0 aliphatic heterocycles. The van der Waals surface area contributed by atoms with Gasteiger partial charge in [-0.05, 0) is 41.8 Å². The summed E-state index contributed by atoms with van der Waals surface area (Å²) in [5, 5.41) is 11.3. The maximum Gasteiger partial charge on any atom is 0.273 e. The van der Waals surface area contributed by atoms with Gasteiger partial charge < -0.3 is 9.47 Å². The van der Waals surface area contributed by atoms with Crippen LogP contribution in [0.3, 0.4) is 0 Å². The molecule has 6 heteroatoms. The highest BCUT2D eigenvalue weighted by Crippen LogP contribution is 2.27. The average molecular weight is 369 g/mol. The number of hydrogen-bond acceptors (Lipinski definition) is 5. The number of allylic oxidation sites excluding steroid dienone is 1. The molecule has 0 aliphatic rings. The first-order valence-corrected chi connectivity index (χ1v) is 8.65. The molecule has 0 bridgehead atoms. The Kier molecular flexibility index (Phi) is 7.25. The molecule has 2 rings (SSSR count). The van der Waals surface area contributed by atoms with Crippen LogP contribution in [-0.4, -0.2) is 31.0 Å². The van der Waals surface area contributed by atoms with Gasteiger partial charge in [0.05, 0.1) is 11.5 Å². The lowest BCUT2D eigenvalue weighted by atomic mass is 9.99. The average Bonchev–Trinajstić information content (AvgIpc) is 2.66. The van der Waals surface area contributed by atoms with Gasteiger partial charge in [-0.2, -0.15) is 0 Å². The van der Waals surface area contributed by atoms with Crippen molar-refractivity contribution in [1.29, 1.82) is 0 Å². The molecule has 0 unspecified atom stereocenters. The molecule has 0 heterocycles. The van der Waals surface area contributed by atoms with Crippen molar-refractivity contribution in [3.05, 3.63) is 75.3 Å². The fourth-order valence-electron chi connectivity index (χ4n) is 2.54. The van der Waals surface area contributed by atoms with Gasteiger partial charge in [0, 0.05) is 24.3 Å². The van der Waals surface area contributed by atoms with Crippen molar-refractivity contribution >= 4 is 17.5 Å². The molecule has 2 aromatic rings. The third-order valence-electron chi connectivity index (χ3n) is 4.00. The van der Waals surface area contributed by atoms with Crippen LogP contribution in [0.4, 0.5) is 5.69 Å². The summed E-state index contributed by atoms with van der Waals surface area (Å²) in [5.41, 5.74) is 1.86. The van der Waals surface area contributed by atoms with Gasteiger partial charge in [0.1, 0.15) is 12.4 Å². The van der Waals surface area contributed by atoms with E-state index in [-0.39, 0.29) is 17.4 Å². The first kappa shape index (κ1) is 20.3. The lowest BCUT2D eigenvalue weighted by Gasteiger charge is -2.07. The number of carbonyl (C=O) groups is 1. The van der Waals surface area contributed by atoms with E-state index in [0.29, 0.717) is 35.7 Å². The van der Waals surface area contributed by atoms with Crippen molar-refractivity contribution in [2.75, 3.05) is 20.3 Å². The molecule has 0 atom stereocenters. The molecule has 0 radical (unpaired) electrons. The van der Waals surface area contributed by atoms with E-state index in [2.05, 4.69) is 0 Å². The van der Waals surface area contributed by atoms with Crippen molar-refractivity contribution < 1.29 is 19.2 Å². The number of ether oxygens (including phenoxy) is 2. The first-order valence-electron chi connectivity index (χ1n) is 8.65. The zero-order valence-electron chi connectivity index (χ0n) is 15.7. The van der Waals surface area contributed by atoms with Gasteiger partial charge in [-0.15, -0.1) is 0 Å². The van der Waals surface area contributed by atoms with Crippen LogP contribution < -0.4 is 4.74 Å². The van der Waals surface area contributed by atoms with E-state index >= 15 is 0 Å². The molecule has 0 saturated carbocycles. The molecule has 2 aromatic carbocycles. The molecular formula is C21H23NO5. The minimum absolute atomic E-state index is 0.0506. The van der Waals surface area contributed by atoms with Crippen molar-refractivity contribution in [3.63, 3.8) is 0 Å². The van der Waals surface area contributed by atoms with E-state index in [4.69, 9.17) is 9.47 Å². The maximum absolute atomic E-state index is 12.3. The summed E-state index contributed by atoms with van der Waals surface area (Å²) in [6, 6.07) is 11.8. The predicted molar refractivity (Wildman–Crippen MR) is 104 cm³/mol. The summed E-state index contributed by atoms with van der Waals surface area (Å²) in [6.45, 7) is 4.74. The van der Waals surface area contributed by atoms with Crippen LogP contribution in [0.1, 0.15) is 41.3 Å². The number of methoxy groups -OCH3 is 1. The van der Waals surface area contributed by atoms with Gasteiger partial charge in [-0.1, -0.05) is 32.1 Å². The molecule has 0 aliphatic carbocycles. The summed E-state index contributed by atoms with van der Waals surface area (Å²) in [7, 11) is 1.60. The van der Waals surface area contributed by atoms with Crippen LogP contribution in [0.25, 0.3) is 6.08 Å². The normalized spacial score (nSPS) is 11.1. The van der Waals surface area contributed by atoms with Gasteiger partial charge in [0.2, 0.25) is 0 Å². The summed E-state index contributed by atoms with van der Waals surface area (Å²) in [6.07, 6.45) is 3.00. The molecule has 0 fully saturated rings. The second kappa shape index (κ2) is 9.64. The van der Waals surface area contributed by atoms with Gasteiger partial charge in [-0.3, -0.25) is 14.9 Å². The van der Waals surface area contributed by atoms with Gasteiger partial charge in [0.25, 0.3) is 5.69 Å². The lowest BCUT2D eigenvalue weighted by Crippen LogP contribution is -2.04. The highest BCUT2D eigenvalue weighted by atomic mass is 16.6. The quantitative estimate of drug-likeness (QED) is 0.211. The summed E-state index contributed by atoms with van der Waals surface area (Å²) < 4.78 is 10.4. The van der Waals surface area contributed by atoms with Crippen molar-refractivity contribution in [2.45, 2.75) is 19.8 Å². The topological polar surface area (TPSA) is 78.7 Å². The maximum atomic E-state index is 12.3. The number of hydrogen-bond donors (Lipinski definition) is 0. The van der Waals surface area contributed by atoms with Crippen molar-refractivity contribution in [3.8, 4) is 5.75 Å². The molecule has 0 spiro atoms. The van der Waals surface area contributed by atoms with E-state index in [0.717, 1.165) is 0 Å². The highest BCUT2D eigenvalue weighted by molar-refractivity contribution is 6.06. The number of nitro groups is 1. The number of nitro benzene ring substituents is 1. The smallest absolute Gasteiger partial charge is 0.273 e. The second-order valence-corrected chi connectivity index (χ2v) is 6.29. The van der Waals surface area contributed by atoms with Crippen molar-refractivity contribution in [2.24, 2.45) is 0 Å². The number of nitrogens with zero attached hydrogens (tertiary/aromatic N) is 1. The van der Waals surface area contributed by atoms with Crippen LogP contribution in [0.2, 0.25) is 0 Å². The van der Waals surface area contributed by atoms with Gasteiger partial charge in [0.15, 0.2) is 5.78 Å². The monoisotopic (exact) mass is 369 g/mol. The van der Waals surface area contributed by atoms with Crippen LogP contribution in [0.5, 0.6) is 5.75 Å². The largest absolute Gasteiger partial charge is 0.491 e. The highest BCUT2D eigenvalue weighted by Gasteiger charge is 2.16. The Morgan fingerprint density at radius 3 is 2.44 bits per heavy atom. The number of ketones is 1. The Labute approximate surface area is 158 Å². The Morgan fingerprint density at radius 2 is 1.85 bits per heavy atom. The third kappa shape index (κ3) is 5.76. The molecule has 27 heavy (non-hydrogen) atoms. The number of carbonyl (C=O) groups excluding carboxylic acids is 1. The Balaban J connectivity index is 2.10. The molecule has 142 valence electrons. The van der Waals surface area contributed by atoms with Crippen LogP contribution in [-0.2, 0) is 4.74 Å². The first-order chi connectivity index (χ1) is 12.9. The Hall–Kier alpha value is -2.99. The Morgan fingerprint density at radius 1 is 1.15 bits per heavy atom. The minimum atomic E-state index is -0.392. The minimum Gasteiger partial charge on any atom is -0.491 e.